The number of carbonyl (C=O) groups excluding carboxylic acids is 1. The van der Waals surface area contributed by atoms with Crippen LogP contribution in [0.4, 0.5) is 11.8 Å². The summed E-state index contributed by atoms with van der Waals surface area (Å²) in [4.78, 5) is 26.0. The second-order valence-electron chi connectivity index (χ2n) is 5.04. The Balaban J connectivity index is 1.70. The van der Waals surface area contributed by atoms with Crippen molar-refractivity contribution in [3.8, 4) is 0 Å². The van der Waals surface area contributed by atoms with Crippen molar-refractivity contribution in [3.05, 3.63) is 12.3 Å². The van der Waals surface area contributed by atoms with E-state index in [0.717, 1.165) is 57.4 Å². The van der Waals surface area contributed by atoms with E-state index >= 15 is 0 Å². The van der Waals surface area contributed by atoms with E-state index in [2.05, 4.69) is 19.8 Å². The van der Waals surface area contributed by atoms with Crippen LogP contribution in [0.25, 0.3) is 0 Å². The molecular weight excluding hydrogens is 242 g/mol. The molecule has 0 aromatic carbocycles. The van der Waals surface area contributed by atoms with Gasteiger partial charge in [0.15, 0.2) is 0 Å². The summed E-state index contributed by atoms with van der Waals surface area (Å²) in [6, 6.07) is 1.98. The maximum atomic E-state index is 10.7. The van der Waals surface area contributed by atoms with Crippen molar-refractivity contribution < 1.29 is 4.79 Å². The SMILES string of the molecule is O=CN1CCN(c2nccc(N3CCCC3)n2)CC1. The van der Waals surface area contributed by atoms with Gasteiger partial charge < -0.3 is 14.7 Å². The number of rotatable bonds is 3. The fraction of sp³-hybridized carbons (Fsp3) is 0.615. The van der Waals surface area contributed by atoms with Gasteiger partial charge in [-0.1, -0.05) is 0 Å². The van der Waals surface area contributed by atoms with Crippen molar-refractivity contribution in [1.82, 2.24) is 14.9 Å². The topological polar surface area (TPSA) is 52.6 Å². The molecule has 0 aliphatic carbocycles. The molecule has 3 heterocycles. The molecule has 19 heavy (non-hydrogen) atoms. The predicted molar refractivity (Wildman–Crippen MR) is 73.3 cm³/mol. The average Bonchev–Trinajstić information content (AvgIpc) is 3.02. The van der Waals surface area contributed by atoms with Crippen molar-refractivity contribution in [1.29, 1.82) is 0 Å². The zero-order valence-electron chi connectivity index (χ0n) is 11.0. The molecule has 2 fully saturated rings. The fourth-order valence-corrected chi connectivity index (χ4v) is 2.64. The lowest BCUT2D eigenvalue weighted by Crippen LogP contribution is -2.46. The first-order chi connectivity index (χ1) is 9.36. The van der Waals surface area contributed by atoms with Crippen molar-refractivity contribution in [2.24, 2.45) is 0 Å². The normalized spacial score (nSPS) is 19.9. The molecule has 0 bridgehead atoms. The van der Waals surface area contributed by atoms with Gasteiger partial charge in [0.25, 0.3) is 0 Å². The van der Waals surface area contributed by atoms with Gasteiger partial charge in [-0.25, -0.2) is 4.98 Å². The molecule has 0 N–H and O–H groups in total. The Morgan fingerprint density at radius 1 is 1.00 bits per heavy atom. The minimum Gasteiger partial charge on any atom is -0.356 e. The van der Waals surface area contributed by atoms with E-state index in [9.17, 15) is 4.79 Å². The van der Waals surface area contributed by atoms with Crippen LogP contribution in [0.15, 0.2) is 12.3 Å². The Morgan fingerprint density at radius 2 is 1.74 bits per heavy atom. The summed E-state index contributed by atoms with van der Waals surface area (Å²) >= 11 is 0. The molecule has 1 aromatic heterocycles. The molecule has 102 valence electrons. The molecule has 0 saturated carbocycles. The molecule has 1 aromatic rings. The molecule has 0 atom stereocenters. The third kappa shape index (κ3) is 2.62. The van der Waals surface area contributed by atoms with Crippen LogP contribution in [0, 0.1) is 0 Å². The van der Waals surface area contributed by atoms with Crippen LogP contribution in [0.2, 0.25) is 0 Å². The highest BCUT2D eigenvalue weighted by Crippen LogP contribution is 2.20. The van der Waals surface area contributed by atoms with Crippen LogP contribution in [0.5, 0.6) is 0 Å². The number of hydrogen-bond acceptors (Lipinski definition) is 5. The Labute approximate surface area is 113 Å². The maximum absolute atomic E-state index is 10.7. The maximum Gasteiger partial charge on any atom is 0.227 e. The number of carbonyl (C=O) groups is 1. The zero-order valence-corrected chi connectivity index (χ0v) is 11.0. The minimum atomic E-state index is 0.751. The standard InChI is InChI=1S/C13H19N5O/c19-11-16-7-9-18(10-8-16)13-14-4-3-12(15-13)17-5-1-2-6-17/h3-4,11H,1-2,5-10H2. The molecule has 0 spiro atoms. The van der Waals surface area contributed by atoms with E-state index in [1.54, 1.807) is 4.90 Å². The van der Waals surface area contributed by atoms with Crippen LogP contribution in [-0.4, -0.2) is 60.5 Å². The second-order valence-corrected chi connectivity index (χ2v) is 5.04. The summed E-state index contributed by atoms with van der Waals surface area (Å²) in [5.74, 6) is 1.82. The summed E-state index contributed by atoms with van der Waals surface area (Å²) < 4.78 is 0. The Bertz CT molecular complexity index is 438. The van der Waals surface area contributed by atoms with E-state index < -0.39 is 0 Å². The van der Waals surface area contributed by atoms with Crippen molar-refractivity contribution in [3.63, 3.8) is 0 Å². The first-order valence-corrected chi connectivity index (χ1v) is 6.89. The van der Waals surface area contributed by atoms with Crippen LogP contribution < -0.4 is 9.80 Å². The third-order valence-corrected chi connectivity index (χ3v) is 3.80. The largest absolute Gasteiger partial charge is 0.356 e. The van der Waals surface area contributed by atoms with Crippen molar-refractivity contribution in [2.75, 3.05) is 49.1 Å². The van der Waals surface area contributed by atoms with E-state index in [0.29, 0.717) is 0 Å². The molecule has 1 amide bonds. The smallest absolute Gasteiger partial charge is 0.227 e. The number of amides is 1. The van der Waals surface area contributed by atoms with Gasteiger partial charge in [-0.15, -0.1) is 0 Å². The van der Waals surface area contributed by atoms with Crippen molar-refractivity contribution in [2.45, 2.75) is 12.8 Å². The van der Waals surface area contributed by atoms with Gasteiger partial charge in [-0.3, -0.25) is 4.79 Å². The van der Waals surface area contributed by atoms with Crippen LogP contribution in [-0.2, 0) is 4.79 Å². The number of hydrogen-bond donors (Lipinski definition) is 0. The van der Waals surface area contributed by atoms with E-state index in [-0.39, 0.29) is 0 Å². The number of piperazine rings is 1. The number of aromatic nitrogens is 2. The fourth-order valence-electron chi connectivity index (χ4n) is 2.64. The lowest BCUT2D eigenvalue weighted by Gasteiger charge is -2.32. The minimum absolute atomic E-state index is 0.751. The van der Waals surface area contributed by atoms with Gasteiger partial charge in [0.1, 0.15) is 5.82 Å². The first kappa shape index (κ1) is 12.2. The molecule has 0 unspecified atom stereocenters. The highest BCUT2D eigenvalue weighted by Gasteiger charge is 2.19. The highest BCUT2D eigenvalue weighted by atomic mass is 16.1. The molecule has 2 saturated heterocycles. The number of anilines is 2. The Kier molecular flexibility index (Phi) is 3.48. The molecule has 6 heteroatoms. The lowest BCUT2D eigenvalue weighted by atomic mass is 10.3. The number of nitrogens with zero attached hydrogens (tertiary/aromatic N) is 5. The highest BCUT2D eigenvalue weighted by molar-refractivity contribution is 5.49. The third-order valence-electron chi connectivity index (χ3n) is 3.80. The summed E-state index contributed by atoms with van der Waals surface area (Å²) in [7, 11) is 0. The van der Waals surface area contributed by atoms with Gasteiger partial charge in [-0.2, -0.15) is 4.98 Å². The molecular formula is C13H19N5O. The molecule has 6 nitrogen and oxygen atoms in total. The van der Waals surface area contributed by atoms with Crippen LogP contribution >= 0.6 is 0 Å². The molecule has 3 rings (SSSR count). The van der Waals surface area contributed by atoms with Crippen LogP contribution in [0.1, 0.15) is 12.8 Å². The van der Waals surface area contributed by atoms with E-state index in [4.69, 9.17) is 0 Å². The Morgan fingerprint density at radius 3 is 2.42 bits per heavy atom. The molecule has 0 radical (unpaired) electrons. The predicted octanol–water partition coefficient (Wildman–Crippen LogP) is 0.355. The zero-order chi connectivity index (χ0) is 13.1. The van der Waals surface area contributed by atoms with Crippen LogP contribution in [0.3, 0.4) is 0 Å². The summed E-state index contributed by atoms with van der Waals surface area (Å²) in [6.07, 6.45) is 5.25. The van der Waals surface area contributed by atoms with E-state index in [1.807, 2.05) is 12.3 Å². The van der Waals surface area contributed by atoms with Gasteiger partial charge in [0.2, 0.25) is 12.4 Å². The van der Waals surface area contributed by atoms with Gasteiger partial charge in [0.05, 0.1) is 0 Å². The monoisotopic (exact) mass is 261 g/mol. The Hall–Kier alpha value is -1.85. The summed E-state index contributed by atoms with van der Waals surface area (Å²) in [5.41, 5.74) is 0. The molecule has 2 aliphatic rings. The molecule has 2 aliphatic heterocycles. The summed E-state index contributed by atoms with van der Waals surface area (Å²) in [5, 5.41) is 0. The van der Waals surface area contributed by atoms with Crippen molar-refractivity contribution >= 4 is 18.2 Å². The quantitative estimate of drug-likeness (QED) is 0.735. The van der Waals surface area contributed by atoms with Gasteiger partial charge in [0, 0.05) is 45.5 Å². The lowest BCUT2D eigenvalue weighted by molar-refractivity contribution is -0.118. The summed E-state index contributed by atoms with van der Waals surface area (Å²) in [6.45, 7) is 5.30. The second kappa shape index (κ2) is 5.42. The van der Waals surface area contributed by atoms with Gasteiger partial charge >= 0.3 is 0 Å². The van der Waals surface area contributed by atoms with E-state index in [1.165, 1.54) is 12.8 Å². The van der Waals surface area contributed by atoms with Gasteiger partial charge in [-0.05, 0) is 18.9 Å². The first-order valence-electron chi connectivity index (χ1n) is 6.89. The average molecular weight is 261 g/mol.